The topological polar surface area (TPSA) is 47.4 Å². The lowest BCUT2D eigenvalue weighted by atomic mass is 10.0. The molecule has 0 aromatic carbocycles. The maximum absolute atomic E-state index is 12.4. The van der Waals surface area contributed by atoms with Gasteiger partial charge in [0.05, 0.1) is 5.02 Å². The molecule has 0 saturated carbocycles. The zero-order chi connectivity index (χ0) is 19.3. The number of halogens is 1. The van der Waals surface area contributed by atoms with Crippen molar-refractivity contribution in [3.63, 3.8) is 0 Å². The highest BCUT2D eigenvalue weighted by molar-refractivity contribution is 6.35. The minimum absolute atomic E-state index is 0.131. The SMILES string of the molecule is CC(C)(C)OC(=O)N1CCC(c2cc3c(Cl)ccnc3n2C(C)(C)C)C1. The van der Waals surface area contributed by atoms with Gasteiger partial charge in [-0.3, -0.25) is 0 Å². The van der Waals surface area contributed by atoms with Crippen LogP contribution in [0.5, 0.6) is 0 Å². The van der Waals surface area contributed by atoms with Gasteiger partial charge in [-0.25, -0.2) is 9.78 Å². The van der Waals surface area contributed by atoms with Gasteiger partial charge in [-0.1, -0.05) is 11.6 Å². The Morgan fingerprint density at radius 3 is 2.58 bits per heavy atom. The largest absolute Gasteiger partial charge is 0.444 e. The maximum atomic E-state index is 12.4. The Morgan fingerprint density at radius 2 is 1.96 bits per heavy atom. The first-order chi connectivity index (χ1) is 12.0. The van der Waals surface area contributed by atoms with Crippen molar-refractivity contribution in [2.75, 3.05) is 13.1 Å². The number of hydrogen-bond acceptors (Lipinski definition) is 3. The monoisotopic (exact) mass is 377 g/mol. The summed E-state index contributed by atoms with van der Waals surface area (Å²) in [5.74, 6) is 0.243. The second kappa shape index (κ2) is 6.45. The van der Waals surface area contributed by atoms with E-state index in [0.29, 0.717) is 18.1 Å². The van der Waals surface area contributed by atoms with Gasteiger partial charge >= 0.3 is 6.09 Å². The van der Waals surface area contributed by atoms with E-state index in [1.807, 2.05) is 26.8 Å². The Kier molecular flexibility index (Phi) is 4.72. The number of pyridine rings is 1. The van der Waals surface area contributed by atoms with Crippen LogP contribution in [-0.4, -0.2) is 39.2 Å². The Labute approximate surface area is 160 Å². The molecule has 26 heavy (non-hydrogen) atoms. The van der Waals surface area contributed by atoms with E-state index in [9.17, 15) is 4.79 Å². The lowest BCUT2D eigenvalue weighted by Crippen LogP contribution is -2.35. The molecule has 2 aromatic heterocycles. The summed E-state index contributed by atoms with van der Waals surface area (Å²) in [4.78, 5) is 18.8. The number of nitrogens with zero attached hydrogens (tertiary/aromatic N) is 3. The first kappa shape index (κ1) is 19.0. The Balaban J connectivity index is 1.94. The molecule has 5 nitrogen and oxygen atoms in total. The van der Waals surface area contributed by atoms with E-state index < -0.39 is 5.60 Å². The molecule has 2 aromatic rings. The molecule has 0 spiro atoms. The lowest BCUT2D eigenvalue weighted by Gasteiger charge is -2.28. The van der Waals surface area contributed by atoms with E-state index in [1.165, 1.54) is 5.69 Å². The Morgan fingerprint density at radius 1 is 1.27 bits per heavy atom. The van der Waals surface area contributed by atoms with Gasteiger partial charge in [0, 0.05) is 41.8 Å². The third-order valence-corrected chi connectivity index (χ3v) is 4.94. The molecule has 1 fully saturated rings. The van der Waals surface area contributed by atoms with E-state index in [1.54, 1.807) is 11.1 Å². The van der Waals surface area contributed by atoms with Gasteiger partial charge in [0.2, 0.25) is 0 Å². The molecular formula is C20H28ClN3O2. The standard InChI is InChI=1S/C20H28ClN3O2/c1-19(2,3)24-16(11-14-15(21)7-9-22-17(14)24)13-8-10-23(12-13)18(25)26-20(4,5)6/h7,9,11,13H,8,10,12H2,1-6H3. The highest BCUT2D eigenvalue weighted by Crippen LogP contribution is 2.37. The number of carbonyl (C=O) groups is 1. The van der Waals surface area contributed by atoms with E-state index in [-0.39, 0.29) is 17.6 Å². The summed E-state index contributed by atoms with van der Waals surface area (Å²) in [6, 6.07) is 3.96. The van der Waals surface area contributed by atoms with Crippen LogP contribution in [0.1, 0.15) is 59.6 Å². The van der Waals surface area contributed by atoms with Crippen LogP contribution in [0, 0.1) is 0 Å². The molecule has 1 aliphatic rings. The van der Waals surface area contributed by atoms with Crippen molar-refractivity contribution in [1.82, 2.24) is 14.5 Å². The van der Waals surface area contributed by atoms with Crippen LogP contribution >= 0.6 is 11.6 Å². The van der Waals surface area contributed by atoms with Gasteiger partial charge < -0.3 is 14.2 Å². The molecule has 3 heterocycles. The number of ether oxygens (including phenoxy) is 1. The molecule has 0 radical (unpaired) electrons. The van der Waals surface area contributed by atoms with Gasteiger partial charge in [0.25, 0.3) is 0 Å². The van der Waals surface area contributed by atoms with Crippen molar-refractivity contribution in [3.05, 3.63) is 29.0 Å². The van der Waals surface area contributed by atoms with Crippen LogP contribution in [0.15, 0.2) is 18.3 Å². The van der Waals surface area contributed by atoms with Gasteiger partial charge in [0.15, 0.2) is 0 Å². The third kappa shape index (κ3) is 3.68. The van der Waals surface area contributed by atoms with Crippen molar-refractivity contribution >= 4 is 28.7 Å². The summed E-state index contributed by atoms with van der Waals surface area (Å²) in [5.41, 5.74) is 1.47. The molecule has 1 aliphatic heterocycles. The average Bonchev–Trinajstić information content (AvgIpc) is 3.09. The van der Waals surface area contributed by atoms with Crippen LogP contribution in [-0.2, 0) is 10.3 Å². The van der Waals surface area contributed by atoms with Crippen LogP contribution in [0.25, 0.3) is 11.0 Å². The van der Waals surface area contributed by atoms with Gasteiger partial charge in [-0.05, 0) is 60.1 Å². The normalized spacial score (nSPS) is 18.6. The third-order valence-electron chi connectivity index (χ3n) is 4.61. The average molecular weight is 378 g/mol. The lowest BCUT2D eigenvalue weighted by molar-refractivity contribution is 0.0292. The summed E-state index contributed by atoms with van der Waals surface area (Å²) < 4.78 is 7.79. The predicted molar refractivity (Wildman–Crippen MR) is 105 cm³/mol. The maximum Gasteiger partial charge on any atom is 0.410 e. The van der Waals surface area contributed by atoms with Crippen LogP contribution in [0.2, 0.25) is 5.02 Å². The van der Waals surface area contributed by atoms with E-state index in [2.05, 4.69) is 36.4 Å². The molecule has 1 unspecified atom stereocenters. The Bertz CT molecular complexity index is 830. The van der Waals surface area contributed by atoms with Gasteiger partial charge in [0.1, 0.15) is 11.2 Å². The summed E-state index contributed by atoms with van der Waals surface area (Å²) in [6.45, 7) is 13.5. The number of likely N-dealkylation sites (tertiary alicyclic amines) is 1. The summed E-state index contributed by atoms with van der Waals surface area (Å²) >= 11 is 6.41. The number of amides is 1. The number of rotatable bonds is 1. The molecular weight excluding hydrogens is 350 g/mol. The zero-order valence-corrected chi connectivity index (χ0v) is 17.2. The number of fused-ring (bicyclic) bond motifs is 1. The summed E-state index contributed by atoms with van der Waals surface area (Å²) in [6.07, 6.45) is 2.41. The number of aromatic nitrogens is 2. The van der Waals surface area contributed by atoms with Crippen molar-refractivity contribution < 1.29 is 9.53 Å². The van der Waals surface area contributed by atoms with Crippen molar-refractivity contribution in [1.29, 1.82) is 0 Å². The van der Waals surface area contributed by atoms with Crippen LogP contribution in [0.3, 0.4) is 0 Å². The fourth-order valence-electron chi connectivity index (χ4n) is 3.59. The number of carbonyl (C=O) groups excluding carboxylic acids is 1. The summed E-state index contributed by atoms with van der Waals surface area (Å²) in [5, 5.41) is 1.68. The molecule has 0 bridgehead atoms. The quantitative estimate of drug-likeness (QED) is 0.688. The van der Waals surface area contributed by atoms with Crippen LogP contribution < -0.4 is 0 Å². The van der Waals surface area contributed by atoms with Gasteiger partial charge in [-0.2, -0.15) is 0 Å². The second-order valence-electron chi connectivity index (χ2n) is 9.02. The highest BCUT2D eigenvalue weighted by Gasteiger charge is 2.34. The molecule has 0 N–H and O–H groups in total. The van der Waals surface area contributed by atoms with Crippen LogP contribution in [0.4, 0.5) is 4.79 Å². The molecule has 1 saturated heterocycles. The Hall–Kier alpha value is -1.75. The van der Waals surface area contributed by atoms with Crippen molar-refractivity contribution in [2.45, 2.75) is 65.0 Å². The minimum Gasteiger partial charge on any atom is -0.444 e. The van der Waals surface area contributed by atoms with E-state index in [4.69, 9.17) is 16.3 Å². The summed E-state index contributed by atoms with van der Waals surface area (Å²) in [7, 11) is 0. The minimum atomic E-state index is -0.479. The van der Waals surface area contributed by atoms with E-state index in [0.717, 1.165) is 17.5 Å². The van der Waals surface area contributed by atoms with Crippen molar-refractivity contribution in [3.8, 4) is 0 Å². The fourth-order valence-corrected chi connectivity index (χ4v) is 3.78. The molecule has 1 atom stereocenters. The predicted octanol–water partition coefficient (Wildman–Crippen LogP) is 5.17. The van der Waals surface area contributed by atoms with E-state index >= 15 is 0 Å². The molecule has 6 heteroatoms. The zero-order valence-electron chi connectivity index (χ0n) is 16.5. The van der Waals surface area contributed by atoms with Gasteiger partial charge in [-0.15, -0.1) is 0 Å². The molecule has 0 aliphatic carbocycles. The van der Waals surface area contributed by atoms with Crippen molar-refractivity contribution in [2.24, 2.45) is 0 Å². The molecule has 1 amide bonds. The number of hydrogen-bond donors (Lipinski definition) is 0. The molecule has 142 valence electrons. The molecule has 3 rings (SSSR count). The second-order valence-corrected chi connectivity index (χ2v) is 9.42. The first-order valence-corrected chi connectivity index (χ1v) is 9.49. The fraction of sp³-hybridized carbons (Fsp3) is 0.600. The first-order valence-electron chi connectivity index (χ1n) is 9.11. The smallest absolute Gasteiger partial charge is 0.410 e. The highest BCUT2D eigenvalue weighted by atomic mass is 35.5.